The van der Waals surface area contributed by atoms with E-state index in [9.17, 15) is 9.59 Å². The Kier molecular flexibility index (Phi) is 7.94. The molecule has 0 radical (unpaired) electrons. The van der Waals surface area contributed by atoms with E-state index >= 15 is 0 Å². The van der Waals surface area contributed by atoms with E-state index in [4.69, 9.17) is 14.6 Å². The molecule has 1 rings (SSSR count). The Morgan fingerprint density at radius 3 is 2.22 bits per heavy atom. The molecule has 23 heavy (non-hydrogen) atoms. The van der Waals surface area contributed by atoms with Crippen LogP contribution < -0.4 is 14.8 Å². The summed E-state index contributed by atoms with van der Waals surface area (Å²) in [5.41, 5.74) is 0. The summed E-state index contributed by atoms with van der Waals surface area (Å²) in [4.78, 5) is 22.6. The van der Waals surface area contributed by atoms with E-state index in [-0.39, 0.29) is 5.91 Å². The van der Waals surface area contributed by atoms with Gasteiger partial charge in [-0.3, -0.25) is 9.59 Å². The molecule has 0 aliphatic rings. The zero-order chi connectivity index (χ0) is 17.2. The van der Waals surface area contributed by atoms with Gasteiger partial charge in [-0.2, -0.15) is 0 Å². The third-order valence-electron chi connectivity index (χ3n) is 3.48. The monoisotopic (exact) mass is 323 g/mol. The van der Waals surface area contributed by atoms with E-state index in [1.807, 2.05) is 31.2 Å². The lowest BCUT2D eigenvalue weighted by atomic mass is 10.0. The maximum absolute atomic E-state index is 11.7. The summed E-state index contributed by atoms with van der Waals surface area (Å²) < 4.78 is 10.9. The molecule has 6 heteroatoms. The first-order valence-electron chi connectivity index (χ1n) is 7.81. The largest absolute Gasteiger partial charge is 0.494 e. The fraction of sp³-hybridized carbons (Fsp3) is 0.529. The molecular weight excluding hydrogens is 298 g/mol. The molecule has 0 saturated heterocycles. The van der Waals surface area contributed by atoms with Gasteiger partial charge in [-0.15, -0.1) is 0 Å². The fourth-order valence-electron chi connectivity index (χ4n) is 1.89. The Hall–Kier alpha value is -2.24. The fourth-order valence-corrected chi connectivity index (χ4v) is 1.89. The van der Waals surface area contributed by atoms with E-state index < -0.39 is 17.9 Å². The van der Waals surface area contributed by atoms with Crippen LogP contribution in [-0.2, 0) is 9.59 Å². The number of carboxylic acids is 1. The lowest BCUT2D eigenvalue weighted by Gasteiger charge is -2.17. The third-order valence-corrected chi connectivity index (χ3v) is 3.48. The number of nitrogens with one attached hydrogen (secondary N) is 1. The van der Waals surface area contributed by atoms with Gasteiger partial charge in [-0.1, -0.05) is 0 Å². The lowest BCUT2D eigenvalue weighted by molar-refractivity contribution is -0.142. The number of hydrogen-bond acceptors (Lipinski definition) is 4. The molecular formula is C17H25NO5. The highest BCUT2D eigenvalue weighted by Gasteiger charge is 2.20. The van der Waals surface area contributed by atoms with Crippen LogP contribution in [0.2, 0.25) is 0 Å². The van der Waals surface area contributed by atoms with Crippen molar-refractivity contribution < 1.29 is 24.2 Å². The molecule has 1 amide bonds. The Bertz CT molecular complexity index is 500. The Morgan fingerprint density at radius 2 is 1.70 bits per heavy atom. The first kappa shape index (κ1) is 18.8. The van der Waals surface area contributed by atoms with Crippen molar-refractivity contribution in [1.82, 2.24) is 5.32 Å². The predicted molar refractivity (Wildman–Crippen MR) is 86.7 cm³/mol. The van der Waals surface area contributed by atoms with Gasteiger partial charge in [0.25, 0.3) is 0 Å². The van der Waals surface area contributed by atoms with Crippen LogP contribution in [0.1, 0.15) is 33.6 Å². The molecule has 0 bridgehead atoms. The summed E-state index contributed by atoms with van der Waals surface area (Å²) in [7, 11) is 0. The highest BCUT2D eigenvalue weighted by atomic mass is 16.5. The van der Waals surface area contributed by atoms with Crippen LogP contribution in [0.25, 0.3) is 0 Å². The first-order valence-corrected chi connectivity index (χ1v) is 7.81. The molecule has 0 spiro atoms. The summed E-state index contributed by atoms with van der Waals surface area (Å²) in [6.45, 7) is 6.22. The van der Waals surface area contributed by atoms with Crippen molar-refractivity contribution in [3.63, 3.8) is 0 Å². The minimum absolute atomic E-state index is 0.166. The molecule has 0 aromatic heterocycles. The molecule has 0 heterocycles. The molecule has 1 aromatic rings. The second-order valence-electron chi connectivity index (χ2n) is 5.34. The predicted octanol–water partition coefficient (Wildman–Crippen LogP) is 2.47. The molecule has 2 unspecified atom stereocenters. The lowest BCUT2D eigenvalue weighted by Crippen LogP contribution is -2.40. The molecule has 0 saturated carbocycles. The van der Waals surface area contributed by atoms with Crippen molar-refractivity contribution in [2.45, 2.75) is 39.7 Å². The van der Waals surface area contributed by atoms with Gasteiger partial charge in [-0.25, -0.2) is 0 Å². The van der Waals surface area contributed by atoms with Crippen molar-refractivity contribution in [2.75, 3.05) is 13.2 Å². The minimum Gasteiger partial charge on any atom is -0.494 e. The normalized spacial score (nSPS) is 13.0. The summed E-state index contributed by atoms with van der Waals surface area (Å²) in [6.07, 6.45) is 0.862. The molecule has 6 nitrogen and oxygen atoms in total. The van der Waals surface area contributed by atoms with Crippen molar-refractivity contribution in [3.8, 4) is 11.5 Å². The summed E-state index contributed by atoms with van der Waals surface area (Å²) >= 11 is 0. The molecule has 0 fully saturated rings. The van der Waals surface area contributed by atoms with Gasteiger partial charge in [0.15, 0.2) is 0 Å². The number of amides is 1. The summed E-state index contributed by atoms with van der Waals surface area (Å²) in [6, 6.07) is 6.91. The van der Waals surface area contributed by atoms with E-state index in [0.717, 1.165) is 11.5 Å². The second kappa shape index (κ2) is 9.71. The van der Waals surface area contributed by atoms with Crippen molar-refractivity contribution in [2.24, 2.45) is 5.92 Å². The number of aliphatic carboxylic acids is 1. The zero-order valence-corrected chi connectivity index (χ0v) is 13.9. The van der Waals surface area contributed by atoms with Gasteiger partial charge in [0.05, 0.1) is 19.1 Å². The van der Waals surface area contributed by atoms with Crippen LogP contribution in [0.15, 0.2) is 24.3 Å². The molecule has 128 valence electrons. The number of benzene rings is 1. The van der Waals surface area contributed by atoms with Gasteiger partial charge in [0.2, 0.25) is 5.91 Å². The van der Waals surface area contributed by atoms with Gasteiger partial charge >= 0.3 is 5.97 Å². The van der Waals surface area contributed by atoms with Gasteiger partial charge in [-0.05, 0) is 51.5 Å². The Balaban J connectivity index is 2.23. The second-order valence-corrected chi connectivity index (χ2v) is 5.34. The van der Waals surface area contributed by atoms with Crippen LogP contribution in [-0.4, -0.2) is 36.2 Å². The number of carbonyl (C=O) groups is 2. The number of carboxylic acid groups (broad SMARTS) is 1. The minimum atomic E-state index is -0.920. The highest BCUT2D eigenvalue weighted by Crippen LogP contribution is 2.17. The van der Waals surface area contributed by atoms with Gasteiger partial charge in [0, 0.05) is 12.5 Å². The molecule has 0 aliphatic carbocycles. The van der Waals surface area contributed by atoms with Crippen LogP contribution in [0.5, 0.6) is 11.5 Å². The maximum Gasteiger partial charge on any atom is 0.308 e. The molecule has 0 aliphatic heterocycles. The molecule has 2 atom stereocenters. The van der Waals surface area contributed by atoms with Gasteiger partial charge in [0.1, 0.15) is 11.5 Å². The number of rotatable bonds is 10. The highest BCUT2D eigenvalue weighted by molar-refractivity contribution is 5.77. The quantitative estimate of drug-likeness (QED) is 0.646. The third kappa shape index (κ3) is 7.04. The van der Waals surface area contributed by atoms with Crippen LogP contribution in [0.4, 0.5) is 0 Å². The standard InChI is InChI=1S/C17H25NO5/c1-4-22-14-7-9-15(10-8-14)23-11-5-6-16(19)18-13(3)12(2)17(20)21/h7-10,12-13H,4-6,11H2,1-3H3,(H,18,19)(H,20,21). The van der Waals surface area contributed by atoms with Crippen molar-refractivity contribution in [1.29, 1.82) is 0 Å². The number of hydrogen-bond donors (Lipinski definition) is 2. The average molecular weight is 323 g/mol. The van der Waals surface area contributed by atoms with Crippen LogP contribution in [0, 0.1) is 5.92 Å². The van der Waals surface area contributed by atoms with E-state index in [0.29, 0.717) is 26.1 Å². The maximum atomic E-state index is 11.7. The molecule has 2 N–H and O–H groups in total. The first-order chi connectivity index (χ1) is 10.9. The van der Waals surface area contributed by atoms with E-state index in [1.54, 1.807) is 13.8 Å². The molecule has 1 aromatic carbocycles. The Morgan fingerprint density at radius 1 is 1.13 bits per heavy atom. The topological polar surface area (TPSA) is 84.9 Å². The Labute approximate surface area is 136 Å². The van der Waals surface area contributed by atoms with Gasteiger partial charge < -0.3 is 19.9 Å². The van der Waals surface area contributed by atoms with Crippen molar-refractivity contribution >= 4 is 11.9 Å². The number of ether oxygens (including phenoxy) is 2. The number of carbonyl (C=O) groups excluding carboxylic acids is 1. The van der Waals surface area contributed by atoms with E-state index in [2.05, 4.69) is 5.32 Å². The SMILES string of the molecule is CCOc1ccc(OCCCC(=O)NC(C)C(C)C(=O)O)cc1. The van der Waals surface area contributed by atoms with Crippen molar-refractivity contribution in [3.05, 3.63) is 24.3 Å². The van der Waals surface area contributed by atoms with Crippen LogP contribution in [0.3, 0.4) is 0 Å². The summed E-state index contributed by atoms with van der Waals surface area (Å²) in [5.74, 6) is -0.181. The smallest absolute Gasteiger partial charge is 0.308 e. The summed E-state index contributed by atoms with van der Waals surface area (Å²) in [5, 5.41) is 11.6. The van der Waals surface area contributed by atoms with Crippen LogP contribution >= 0.6 is 0 Å². The van der Waals surface area contributed by atoms with E-state index in [1.165, 1.54) is 0 Å². The average Bonchev–Trinajstić information content (AvgIpc) is 2.52. The zero-order valence-electron chi connectivity index (χ0n) is 13.9.